The summed E-state index contributed by atoms with van der Waals surface area (Å²) in [7, 11) is -2.88. The molecule has 0 saturated carbocycles. The van der Waals surface area contributed by atoms with Gasteiger partial charge in [0.15, 0.2) is 0 Å². The number of amides is 2. The van der Waals surface area contributed by atoms with Crippen molar-refractivity contribution in [2.45, 2.75) is 57.5 Å². The van der Waals surface area contributed by atoms with Gasteiger partial charge in [0, 0.05) is 24.5 Å². The maximum atomic E-state index is 14.6. The van der Waals surface area contributed by atoms with E-state index in [0.717, 1.165) is 39.4 Å². The molecule has 1 unspecified atom stereocenters. The molecule has 0 aliphatic carbocycles. The first-order valence-corrected chi connectivity index (χ1v) is 17.4. The predicted octanol–water partition coefficient (Wildman–Crippen LogP) is 6.72. The third-order valence-corrected chi connectivity index (χ3v) is 9.88. The number of carbonyl (C=O) groups excluding carboxylic acids is 2. The molecule has 47 heavy (non-hydrogen) atoms. The van der Waals surface area contributed by atoms with Crippen LogP contribution in [0.3, 0.4) is 0 Å². The van der Waals surface area contributed by atoms with Crippen molar-refractivity contribution in [3.63, 3.8) is 0 Å². The van der Waals surface area contributed by atoms with Gasteiger partial charge in [-0.1, -0.05) is 103 Å². The highest BCUT2D eigenvalue weighted by Gasteiger charge is 2.35. The van der Waals surface area contributed by atoms with E-state index in [1.165, 1.54) is 30.2 Å². The number of anilines is 1. The molecule has 0 aromatic heterocycles. The van der Waals surface area contributed by atoms with Gasteiger partial charge in [-0.2, -0.15) is 0 Å². The molecule has 1 N–H and O–H groups in total. The number of hydrogen-bond acceptors (Lipinski definition) is 5. The van der Waals surface area contributed by atoms with Gasteiger partial charge in [-0.15, -0.1) is 0 Å². The monoisotopic (exact) mass is 675 g/mol. The Morgan fingerprint density at radius 2 is 1.51 bits per heavy atom. The van der Waals surface area contributed by atoms with Crippen molar-refractivity contribution in [2.24, 2.45) is 0 Å². The topological polar surface area (TPSA) is 96.0 Å². The van der Waals surface area contributed by atoms with E-state index >= 15 is 0 Å². The third kappa shape index (κ3) is 9.36. The van der Waals surface area contributed by atoms with Crippen LogP contribution in [0.5, 0.6) is 5.75 Å². The highest BCUT2D eigenvalue weighted by atomic mass is 35.5. The first kappa shape index (κ1) is 35.5. The number of ether oxygens (including phenoxy) is 1. The molecule has 0 bridgehead atoms. The minimum atomic E-state index is -4.30. The van der Waals surface area contributed by atoms with E-state index in [9.17, 15) is 18.0 Å². The van der Waals surface area contributed by atoms with Gasteiger partial charge in [0.2, 0.25) is 11.8 Å². The summed E-state index contributed by atoms with van der Waals surface area (Å²) in [5.74, 6) is -0.646. The minimum absolute atomic E-state index is 0.00107. The van der Waals surface area contributed by atoms with E-state index in [2.05, 4.69) is 5.32 Å². The number of sulfonamides is 1. The second-order valence-corrected chi connectivity index (χ2v) is 13.8. The average molecular weight is 676 g/mol. The number of methoxy groups -OCH3 is 1. The van der Waals surface area contributed by atoms with E-state index in [1.807, 2.05) is 75.4 Å². The lowest BCUT2D eigenvalue weighted by atomic mass is 10.0. The van der Waals surface area contributed by atoms with E-state index in [4.69, 9.17) is 16.3 Å². The van der Waals surface area contributed by atoms with Crippen LogP contribution in [0.2, 0.25) is 5.02 Å². The molecular weight excluding hydrogens is 634 g/mol. The molecule has 4 aromatic rings. The normalized spacial score (nSPS) is 11.9. The largest absolute Gasteiger partial charge is 0.495 e. The number of nitrogens with zero attached hydrogens (tertiary/aromatic N) is 2. The number of unbranched alkanes of at least 4 members (excludes halogenated alkanes) is 1. The summed E-state index contributed by atoms with van der Waals surface area (Å²) in [6.07, 6.45) is 1.91. The van der Waals surface area contributed by atoms with Gasteiger partial charge < -0.3 is 15.0 Å². The molecule has 8 nitrogen and oxygen atoms in total. The molecule has 2 amide bonds. The van der Waals surface area contributed by atoms with Crippen LogP contribution in [0, 0.1) is 13.8 Å². The fraction of sp³-hybridized carbons (Fsp3) is 0.297. The Hall–Kier alpha value is -4.34. The molecule has 0 spiro atoms. The Morgan fingerprint density at radius 3 is 2.13 bits per heavy atom. The number of hydrogen-bond donors (Lipinski definition) is 1. The SMILES string of the molecule is CCCCNC(=O)C(Cc1ccccc1)N(Cc1ccc(C)cc1)C(=O)CN(c1cc(Cl)ccc1OC)S(=O)(=O)c1ccc(C)cc1. The molecule has 0 fully saturated rings. The fourth-order valence-electron chi connectivity index (χ4n) is 5.16. The molecule has 0 aliphatic heterocycles. The Morgan fingerprint density at radius 1 is 0.872 bits per heavy atom. The molecular formula is C37H42ClN3O5S. The van der Waals surface area contributed by atoms with E-state index in [1.54, 1.807) is 24.3 Å². The molecule has 0 aliphatic rings. The number of aryl methyl sites for hydroxylation is 2. The molecule has 4 aromatic carbocycles. The Labute approximate surface area is 283 Å². The predicted molar refractivity (Wildman–Crippen MR) is 187 cm³/mol. The quantitative estimate of drug-likeness (QED) is 0.141. The minimum Gasteiger partial charge on any atom is -0.495 e. The van der Waals surface area contributed by atoms with Crippen molar-refractivity contribution in [2.75, 3.05) is 24.5 Å². The standard InChI is InChI=1S/C37H42ClN3O5S/c1-5-6-22-39-37(43)34(23-29-10-8-7-9-11-29)40(25-30-16-12-27(2)13-17-30)36(42)26-41(33-24-31(38)18-21-35(33)46-4)47(44,45)32-19-14-28(3)15-20-32/h7-21,24,34H,5-6,22-23,25-26H2,1-4H3,(H,39,43). The van der Waals surface area contributed by atoms with Gasteiger partial charge in [0.1, 0.15) is 18.3 Å². The highest BCUT2D eigenvalue weighted by molar-refractivity contribution is 7.92. The average Bonchev–Trinajstić information content (AvgIpc) is 3.06. The lowest BCUT2D eigenvalue weighted by Gasteiger charge is -2.34. The van der Waals surface area contributed by atoms with Crippen LogP contribution < -0.4 is 14.4 Å². The Bertz CT molecular complexity index is 1750. The van der Waals surface area contributed by atoms with Gasteiger partial charge in [-0.05, 0) is 61.7 Å². The van der Waals surface area contributed by atoms with Crippen molar-refractivity contribution < 1.29 is 22.7 Å². The third-order valence-electron chi connectivity index (χ3n) is 7.87. The molecule has 0 radical (unpaired) electrons. The summed E-state index contributed by atoms with van der Waals surface area (Å²) in [5, 5.41) is 3.27. The van der Waals surface area contributed by atoms with Crippen LogP contribution in [0.15, 0.2) is 102 Å². The Kier molecular flexibility index (Phi) is 12.4. The van der Waals surface area contributed by atoms with Crippen LogP contribution in [0.1, 0.15) is 42.0 Å². The van der Waals surface area contributed by atoms with Crippen LogP contribution in [-0.2, 0) is 32.6 Å². The van der Waals surface area contributed by atoms with E-state index < -0.39 is 28.5 Å². The summed E-state index contributed by atoms with van der Waals surface area (Å²) >= 11 is 6.37. The number of benzene rings is 4. The summed E-state index contributed by atoms with van der Waals surface area (Å²) < 4.78 is 35.2. The highest BCUT2D eigenvalue weighted by Crippen LogP contribution is 2.35. The molecule has 4 rings (SSSR count). The van der Waals surface area contributed by atoms with E-state index in [0.29, 0.717) is 6.54 Å². The van der Waals surface area contributed by atoms with Gasteiger partial charge in [-0.25, -0.2) is 8.42 Å². The number of rotatable bonds is 15. The van der Waals surface area contributed by atoms with E-state index in [-0.39, 0.29) is 40.2 Å². The summed E-state index contributed by atoms with van der Waals surface area (Å²) in [6, 6.07) is 27.3. The van der Waals surface area contributed by atoms with Crippen molar-refractivity contribution in [3.05, 3.63) is 124 Å². The van der Waals surface area contributed by atoms with Gasteiger partial charge in [0.25, 0.3) is 10.0 Å². The number of halogens is 1. The summed E-state index contributed by atoms with van der Waals surface area (Å²) in [4.78, 5) is 30.0. The summed E-state index contributed by atoms with van der Waals surface area (Å²) in [6.45, 7) is 5.81. The van der Waals surface area contributed by atoms with Crippen molar-refractivity contribution in [3.8, 4) is 5.75 Å². The van der Waals surface area contributed by atoms with Gasteiger partial charge in [-0.3, -0.25) is 13.9 Å². The Balaban J connectivity index is 1.83. The molecule has 248 valence electrons. The molecule has 1 atom stereocenters. The first-order valence-electron chi connectivity index (χ1n) is 15.6. The van der Waals surface area contributed by atoms with Crippen molar-refractivity contribution in [1.82, 2.24) is 10.2 Å². The van der Waals surface area contributed by atoms with Crippen molar-refractivity contribution in [1.29, 1.82) is 0 Å². The summed E-state index contributed by atoms with van der Waals surface area (Å²) in [5.41, 5.74) is 3.71. The van der Waals surface area contributed by atoms with Gasteiger partial charge >= 0.3 is 0 Å². The van der Waals surface area contributed by atoms with Crippen molar-refractivity contribution >= 4 is 39.1 Å². The van der Waals surface area contributed by atoms with Crippen LogP contribution in [0.25, 0.3) is 0 Å². The lowest BCUT2D eigenvalue weighted by Crippen LogP contribution is -2.53. The maximum absolute atomic E-state index is 14.6. The van der Waals surface area contributed by atoms with Crippen LogP contribution in [0.4, 0.5) is 5.69 Å². The number of carbonyl (C=O) groups is 2. The molecule has 0 saturated heterocycles. The maximum Gasteiger partial charge on any atom is 0.264 e. The van der Waals surface area contributed by atoms with Gasteiger partial charge in [0.05, 0.1) is 17.7 Å². The number of nitrogens with one attached hydrogen (secondary N) is 1. The second kappa shape index (κ2) is 16.5. The zero-order valence-corrected chi connectivity index (χ0v) is 28.9. The second-order valence-electron chi connectivity index (χ2n) is 11.5. The lowest BCUT2D eigenvalue weighted by molar-refractivity contribution is -0.140. The molecule has 0 heterocycles. The zero-order chi connectivity index (χ0) is 34.0. The fourth-order valence-corrected chi connectivity index (χ4v) is 6.74. The zero-order valence-electron chi connectivity index (χ0n) is 27.3. The first-order chi connectivity index (χ1) is 22.5. The molecule has 10 heteroatoms. The smallest absolute Gasteiger partial charge is 0.264 e. The van der Waals surface area contributed by atoms with Crippen LogP contribution >= 0.6 is 11.6 Å². The van der Waals surface area contributed by atoms with Crippen LogP contribution in [-0.4, -0.2) is 51.4 Å².